The van der Waals surface area contributed by atoms with Gasteiger partial charge in [0.15, 0.2) is 0 Å². The van der Waals surface area contributed by atoms with Gasteiger partial charge in [0.2, 0.25) is 0 Å². The Morgan fingerprint density at radius 2 is 1.68 bits per heavy atom. The summed E-state index contributed by atoms with van der Waals surface area (Å²) in [7, 11) is 3.42. The lowest BCUT2D eigenvalue weighted by Gasteiger charge is -2.39. The van der Waals surface area contributed by atoms with Gasteiger partial charge in [0.05, 0.1) is 57.0 Å². The van der Waals surface area contributed by atoms with E-state index < -0.39 is 6.10 Å². The lowest BCUT2D eigenvalue weighted by Crippen LogP contribution is -2.50. The summed E-state index contributed by atoms with van der Waals surface area (Å²) < 4.78 is 34.9. The maximum Gasteiger partial charge on any atom is 0.142 e. The third kappa shape index (κ3) is 9.64. The predicted molar refractivity (Wildman–Crippen MR) is 159 cm³/mol. The zero-order chi connectivity index (χ0) is 28.9. The van der Waals surface area contributed by atoms with E-state index in [0.29, 0.717) is 46.1 Å². The van der Waals surface area contributed by atoms with Crippen LogP contribution in [-0.2, 0) is 36.9 Å². The Bertz CT molecular complexity index is 1020. The molecule has 2 N–H and O–H groups in total. The molecular weight excluding hydrogens is 524 g/mol. The van der Waals surface area contributed by atoms with Crippen LogP contribution in [0.15, 0.2) is 42.5 Å². The molecule has 228 valence electrons. The minimum Gasteiger partial charge on any atom is -0.490 e. The number of hydrogen-bond donors (Lipinski definition) is 2. The van der Waals surface area contributed by atoms with Crippen LogP contribution in [0.5, 0.6) is 5.75 Å². The molecule has 41 heavy (non-hydrogen) atoms. The molecule has 0 bridgehead atoms. The van der Waals surface area contributed by atoms with Crippen LogP contribution in [0.1, 0.15) is 42.4 Å². The first-order valence-electron chi connectivity index (χ1n) is 14.9. The molecule has 2 aromatic carbocycles. The van der Waals surface area contributed by atoms with Crippen molar-refractivity contribution in [1.29, 1.82) is 0 Å². The minimum absolute atomic E-state index is 0.0558. The van der Waals surface area contributed by atoms with Crippen molar-refractivity contribution in [1.82, 2.24) is 5.32 Å². The number of nitrogens with zero attached hydrogens (tertiary/aromatic N) is 1. The van der Waals surface area contributed by atoms with E-state index in [9.17, 15) is 5.11 Å². The highest BCUT2D eigenvalue weighted by Crippen LogP contribution is 2.34. The van der Waals surface area contributed by atoms with Crippen LogP contribution in [0, 0.1) is 0 Å². The fourth-order valence-electron chi connectivity index (χ4n) is 5.42. The summed E-state index contributed by atoms with van der Waals surface area (Å²) in [6.45, 7) is 9.21. The Morgan fingerprint density at radius 1 is 0.927 bits per heavy atom. The summed E-state index contributed by atoms with van der Waals surface area (Å²) in [6.07, 6.45) is 1.04. The van der Waals surface area contributed by atoms with Crippen LogP contribution in [0.25, 0.3) is 0 Å². The molecule has 0 radical (unpaired) electrons. The van der Waals surface area contributed by atoms with Crippen molar-refractivity contribution in [3.05, 3.63) is 59.2 Å². The average Bonchev–Trinajstić information content (AvgIpc) is 2.99. The molecular formula is C32H48N2O7. The highest BCUT2D eigenvalue weighted by atomic mass is 16.5. The van der Waals surface area contributed by atoms with E-state index >= 15 is 0 Å². The molecule has 4 rings (SSSR count). The van der Waals surface area contributed by atoms with Gasteiger partial charge in [-0.1, -0.05) is 30.3 Å². The third-order valence-electron chi connectivity index (χ3n) is 7.65. The molecule has 0 saturated carbocycles. The van der Waals surface area contributed by atoms with E-state index in [1.54, 1.807) is 21.1 Å². The third-order valence-corrected chi connectivity index (χ3v) is 7.65. The van der Waals surface area contributed by atoms with Crippen molar-refractivity contribution in [2.45, 2.75) is 57.2 Å². The molecule has 2 aromatic rings. The van der Waals surface area contributed by atoms with Crippen LogP contribution in [0.4, 0.5) is 5.69 Å². The number of anilines is 1. The minimum atomic E-state index is -0.392. The Balaban J connectivity index is 1.45. The Morgan fingerprint density at radius 3 is 2.44 bits per heavy atom. The molecule has 1 saturated heterocycles. The number of aliphatic hydroxyl groups is 1. The van der Waals surface area contributed by atoms with Gasteiger partial charge in [-0.05, 0) is 48.6 Å². The van der Waals surface area contributed by atoms with Gasteiger partial charge in [-0.2, -0.15) is 0 Å². The molecule has 2 aliphatic rings. The van der Waals surface area contributed by atoms with Gasteiger partial charge < -0.3 is 43.7 Å². The summed E-state index contributed by atoms with van der Waals surface area (Å²) in [5.41, 5.74) is 4.54. The van der Waals surface area contributed by atoms with Crippen molar-refractivity contribution in [3.63, 3.8) is 0 Å². The lowest BCUT2D eigenvalue weighted by molar-refractivity contribution is -0.0639. The molecule has 0 aromatic heterocycles. The van der Waals surface area contributed by atoms with Crippen LogP contribution in [0.2, 0.25) is 0 Å². The summed E-state index contributed by atoms with van der Waals surface area (Å²) in [4.78, 5) is 2.37. The second kappa shape index (κ2) is 17.0. The number of nitrogens with one attached hydrogen (secondary N) is 1. The van der Waals surface area contributed by atoms with Crippen molar-refractivity contribution in [2.75, 3.05) is 78.3 Å². The first-order chi connectivity index (χ1) is 20.1. The molecule has 1 fully saturated rings. The van der Waals surface area contributed by atoms with Gasteiger partial charge in [-0.3, -0.25) is 0 Å². The Kier molecular flexibility index (Phi) is 13.2. The largest absolute Gasteiger partial charge is 0.490 e. The first-order valence-corrected chi connectivity index (χ1v) is 14.9. The average molecular weight is 573 g/mol. The van der Waals surface area contributed by atoms with E-state index in [-0.39, 0.29) is 18.1 Å². The fraction of sp³-hybridized carbons (Fsp3) is 0.625. The summed E-state index contributed by atoms with van der Waals surface area (Å²) in [5.74, 6) is 0.979. The van der Waals surface area contributed by atoms with Gasteiger partial charge in [0.1, 0.15) is 12.4 Å². The topological polar surface area (TPSA) is 90.9 Å². The summed E-state index contributed by atoms with van der Waals surface area (Å²) >= 11 is 0. The Hall–Kier alpha value is -2.24. The number of rotatable bonds is 17. The number of ether oxygens (including phenoxy) is 6. The van der Waals surface area contributed by atoms with Gasteiger partial charge in [-0.15, -0.1) is 0 Å². The van der Waals surface area contributed by atoms with Crippen LogP contribution < -0.4 is 15.0 Å². The molecule has 9 heteroatoms. The van der Waals surface area contributed by atoms with E-state index in [1.807, 2.05) is 0 Å². The zero-order valence-corrected chi connectivity index (χ0v) is 24.9. The van der Waals surface area contributed by atoms with Gasteiger partial charge in [-0.25, -0.2) is 0 Å². The quantitative estimate of drug-likeness (QED) is 0.276. The zero-order valence-electron chi connectivity index (χ0n) is 24.9. The number of benzene rings is 2. The summed E-state index contributed by atoms with van der Waals surface area (Å²) in [5, 5.41) is 13.3. The second-order valence-corrected chi connectivity index (χ2v) is 10.9. The molecule has 0 amide bonds. The molecule has 2 heterocycles. The first kappa shape index (κ1) is 31.7. The van der Waals surface area contributed by atoms with Crippen LogP contribution >= 0.6 is 0 Å². The SMILES string of the molecule is COCCCN1CCOc2ccc(CO[C@H]3CNC[C@@H](OCC[C@H](C)O)[C@@H]3c3ccc(COCCOC)cc3)cc21. The monoisotopic (exact) mass is 572 g/mol. The maximum absolute atomic E-state index is 9.77. The van der Waals surface area contributed by atoms with Crippen LogP contribution in [0.3, 0.4) is 0 Å². The normalized spacial score (nSPS) is 21.4. The van der Waals surface area contributed by atoms with Gasteiger partial charge >= 0.3 is 0 Å². The van der Waals surface area contributed by atoms with Crippen LogP contribution in [-0.4, -0.2) is 96.9 Å². The van der Waals surface area contributed by atoms with E-state index in [1.165, 1.54) is 5.56 Å². The van der Waals surface area contributed by atoms with Gasteiger partial charge in [0, 0.05) is 53.0 Å². The molecule has 4 atom stereocenters. The lowest BCUT2D eigenvalue weighted by atomic mass is 9.85. The highest BCUT2D eigenvalue weighted by Gasteiger charge is 2.36. The smallest absolute Gasteiger partial charge is 0.142 e. The summed E-state index contributed by atoms with van der Waals surface area (Å²) in [6, 6.07) is 14.9. The van der Waals surface area contributed by atoms with E-state index in [0.717, 1.165) is 61.8 Å². The van der Waals surface area contributed by atoms with E-state index in [4.69, 9.17) is 28.4 Å². The maximum atomic E-state index is 9.77. The standard InChI is InChI=1S/C32H48N2O7/c1-24(35)11-15-39-30-20-33-21-31(32(30)27-8-5-25(6-9-27)22-38-18-17-37-3)41-23-26-7-10-29-28(19-26)34(13-16-40-29)12-4-14-36-2/h5-10,19,24,30-33,35H,4,11-18,20-23H2,1-3H3/t24-,30+,31-,32-/m0/s1. The molecule has 9 nitrogen and oxygen atoms in total. The molecule has 2 aliphatic heterocycles. The fourth-order valence-corrected chi connectivity index (χ4v) is 5.42. The van der Waals surface area contributed by atoms with Crippen molar-refractivity contribution < 1.29 is 33.5 Å². The number of methoxy groups -OCH3 is 2. The molecule has 0 spiro atoms. The Labute approximate surface area is 245 Å². The second-order valence-electron chi connectivity index (χ2n) is 10.9. The van der Waals surface area contributed by atoms with Crippen molar-refractivity contribution in [3.8, 4) is 5.75 Å². The number of aliphatic hydroxyl groups excluding tert-OH is 1. The van der Waals surface area contributed by atoms with E-state index in [2.05, 4.69) is 52.7 Å². The number of hydrogen-bond acceptors (Lipinski definition) is 9. The predicted octanol–water partition coefficient (Wildman–Crippen LogP) is 3.51. The van der Waals surface area contributed by atoms with Crippen molar-refractivity contribution in [2.24, 2.45) is 0 Å². The van der Waals surface area contributed by atoms with Crippen molar-refractivity contribution >= 4 is 5.69 Å². The highest BCUT2D eigenvalue weighted by molar-refractivity contribution is 5.61. The van der Waals surface area contributed by atoms with Gasteiger partial charge in [0.25, 0.3) is 0 Å². The number of piperidine rings is 1. The molecule has 0 aliphatic carbocycles. The molecule has 0 unspecified atom stereocenters. The number of fused-ring (bicyclic) bond motifs is 1.